The minimum atomic E-state index is -0.0865. The van der Waals surface area contributed by atoms with E-state index in [4.69, 9.17) is 34.8 Å². The quantitative estimate of drug-likeness (QED) is 0.811. The Bertz CT molecular complexity index is 526. The molecule has 1 amide bonds. The third kappa shape index (κ3) is 4.75. The number of hydrogen-bond acceptors (Lipinski definition) is 2. The molecule has 6 heteroatoms. The summed E-state index contributed by atoms with van der Waals surface area (Å²) in [6.45, 7) is 6.71. The average molecular weight is 350 g/mol. The molecule has 0 saturated carbocycles. The molecule has 0 radical (unpaired) electrons. The molecule has 1 aromatic rings. The smallest absolute Gasteiger partial charge is 0.238 e. The SMILES string of the molecule is C[C@H]1C[C@H](C)CN(CC(=O)Nc2cc(Cl)c(Cl)cc2Cl)C1. The molecule has 0 unspecified atom stereocenters. The van der Waals surface area contributed by atoms with Crippen LogP contribution in [0.1, 0.15) is 20.3 Å². The van der Waals surface area contributed by atoms with E-state index in [0.717, 1.165) is 13.1 Å². The lowest BCUT2D eigenvalue weighted by Gasteiger charge is -2.34. The Balaban J connectivity index is 1.97. The van der Waals surface area contributed by atoms with Crippen LogP contribution in [0.2, 0.25) is 15.1 Å². The second kappa shape index (κ2) is 7.19. The van der Waals surface area contributed by atoms with Crippen LogP contribution >= 0.6 is 34.8 Å². The van der Waals surface area contributed by atoms with Gasteiger partial charge in [-0.2, -0.15) is 0 Å². The standard InChI is InChI=1S/C15H19Cl3N2O/c1-9-3-10(2)7-20(6-9)8-15(21)19-14-5-12(17)11(16)4-13(14)18/h4-5,9-10H,3,6-8H2,1-2H3,(H,19,21)/t9-,10-/m0/s1. The van der Waals surface area contributed by atoms with Gasteiger partial charge in [0.25, 0.3) is 0 Å². The van der Waals surface area contributed by atoms with Gasteiger partial charge in [-0.05, 0) is 30.4 Å². The Morgan fingerprint density at radius 3 is 2.33 bits per heavy atom. The maximum absolute atomic E-state index is 12.2. The fourth-order valence-electron chi connectivity index (χ4n) is 2.93. The monoisotopic (exact) mass is 348 g/mol. The molecule has 2 rings (SSSR count). The van der Waals surface area contributed by atoms with E-state index in [2.05, 4.69) is 24.1 Å². The molecular weight excluding hydrogens is 331 g/mol. The molecule has 0 aliphatic carbocycles. The summed E-state index contributed by atoms with van der Waals surface area (Å²) in [5.74, 6) is 1.15. The number of nitrogens with zero attached hydrogens (tertiary/aromatic N) is 1. The molecule has 1 fully saturated rings. The third-order valence-corrected chi connectivity index (χ3v) is 4.63. The Labute approximate surface area is 140 Å². The third-order valence-electron chi connectivity index (χ3n) is 3.60. The van der Waals surface area contributed by atoms with E-state index in [1.165, 1.54) is 12.5 Å². The van der Waals surface area contributed by atoms with Crippen LogP contribution in [0.5, 0.6) is 0 Å². The first-order chi connectivity index (χ1) is 9.85. The van der Waals surface area contributed by atoms with Crippen LogP contribution < -0.4 is 5.32 Å². The maximum atomic E-state index is 12.2. The molecule has 3 nitrogen and oxygen atoms in total. The van der Waals surface area contributed by atoms with Crippen molar-refractivity contribution >= 4 is 46.4 Å². The highest BCUT2D eigenvalue weighted by Gasteiger charge is 2.23. The van der Waals surface area contributed by atoms with Crippen molar-refractivity contribution in [2.45, 2.75) is 20.3 Å². The van der Waals surface area contributed by atoms with E-state index in [-0.39, 0.29) is 5.91 Å². The summed E-state index contributed by atoms with van der Waals surface area (Å²) in [6, 6.07) is 3.11. The number of anilines is 1. The topological polar surface area (TPSA) is 32.3 Å². The highest BCUT2D eigenvalue weighted by Crippen LogP contribution is 2.32. The van der Waals surface area contributed by atoms with Crippen LogP contribution in [-0.4, -0.2) is 30.4 Å². The summed E-state index contributed by atoms with van der Waals surface area (Å²) in [5, 5.41) is 3.93. The van der Waals surface area contributed by atoms with E-state index in [0.29, 0.717) is 39.1 Å². The van der Waals surface area contributed by atoms with Crippen molar-refractivity contribution < 1.29 is 4.79 Å². The summed E-state index contributed by atoms with van der Waals surface area (Å²) >= 11 is 17.9. The lowest BCUT2D eigenvalue weighted by molar-refractivity contribution is -0.117. The van der Waals surface area contributed by atoms with Gasteiger partial charge in [0.2, 0.25) is 5.91 Å². The zero-order chi connectivity index (χ0) is 15.6. The molecule has 0 spiro atoms. The molecule has 2 atom stereocenters. The van der Waals surface area contributed by atoms with Crippen molar-refractivity contribution in [2.24, 2.45) is 11.8 Å². The van der Waals surface area contributed by atoms with E-state index < -0.39 is 0 Å². The van der Waals surface area contributed by atoms with Crippen LogP contribution in [0.3, 0.4) is 0 Å². The first kappa shape index (κ1) is 16.9. The normalized spacial score (nSPS) is 23.1. The molecule has 1 N–H and O–H groups in total. The van der Waals surface area contributed by atoms with Gasteiger partial charge >= 0.3 is 0 Å². The maximum Gasteiger partial charge on any atom is 0.238 e. The number of halogens is 3. The molecule has 116 valence electrons. The largest absolute Gasteiger partial charge is 0.324 e. The number of carbonyl (C=O) groups is 1. The summed E-state index contributed by atoms with van der Waals surface area (Å²) in [7, 11) is 0. The zero-order valence-corrected chi connectivity index (χ0v) is 14.4. The fraction of sp³-hybridized carbons (Fsp3) is 0.533. The van der Waals surface area contributed by atoms with Crippen LogP contribution in [0, 0.1) is 11.8 Å². The van der Waals surface area contributed by atoms with Gasteiger partial charge in [0, 0.05) is 13.1 Å². The van der Waals surface area contributed by atoms with Crippen molar-refractivity contribution in [3.05, 3.63) is 27.2 Å². The van der Waals surface area contributed by atoms with Gasteiger partial charge in [0.1, 0.15) is 0 Å². The Kier molecular flexibility index (Phi) is 5.78. The molecule has 0 bridgehead atoms. The molecule has 1 aliphatic heterocycles. The number of rotatable bonds is 3. The second-order valence-electron chi connectivity index (χ2n) is 5.93. The van der Waals surface area contributed by atoms with Crippen LogP contribution in [0.25, 0.3) is 0 Å². The predicted molar refractivity (Wildman–Crippen MR) is 89.5 cm³/mol. The number of hydrogen-bond donors (Lipinski definition) is 1. The highest BCUT2D eigenvalue weighted by atomic mass is 35.5. The lowest BCUT2D eigenvalue weighted by Crippen LogP contribution is -2.42. The first-order valence-corrected chi connectivity index (χ1v) is 8.15. The van der Waals surface area contributed by atoms with Gasteiger partial charge in [-0.25, -0.2) is 0 Å². The zero-order valence-electron chi connectivity index (χ0n) is 12.1. The van der Waals surface area contributed by atoms with E-state index in [1.807, 2.05) is 0 Å². The molecule has 21 heavy (non-hydrogen) atoms. The van der Waals surface area contributed by atoms with Gasteiger partial charge in [-0.15, -0.1) is 0 Å². The molecule has 1 aromatic carbocycles. The second-order valence-corrected chi connectivity index (χ2v) is 7.16. The molecular formula is C15H19Cl3N2O. The average Bonchev–Trinajstić information content (AvgIpc) is 2.34. The van der Waals surface area contributed by atoms with Crippen LogP contribution in [-0.2, 0) is 4.79 Å². The van der Waals surface area contributed by atoms with Crippen molar-refractivity contribution in [2.75, 3.05) is 25.0 Å². The summed E-state index contributed by atoms with van der Waals surface area (Å²) in [4.78, 5) is 14.3. The van der Waals surface area contributed by atoms with Crippen LogP contribution in [0.15, 0.2) is 12.1 Å². The highest BCUT2D eigenvalue weighted by molar-refractivity contribution is 6.44. The summed E-state index contributed by atoms with van der Waals surface area (Å²) in [6.07, 6.45) is 1.22. The van der Waals surface area contributed by atoms with E-state index >= 15 is 0 Å². The number of amides is 1. The number of nitrogens with one attached hydrogen (secondary N) is 1. The fourth-order valence-corrected chi connectivity index (χ4v) is 3.53. The van der Waals surface area contributed by atoms with Crippen molar-refractivity contribution in [1.29, 1.82) is 0 Å². The molecule has 1 aliphatic rings. The van der Waals surface area contributed by atoms with Gasteiger partial charge in [0.05, 0.1) is 27.3 Å². The minimum Gasteiger partial charge on any atom is -0.324 e. The summed E-state index contributed by atoms with van der Waals surface area (Å²) in [5.41, 5.74) is 0.495. The number of benzene rings is 1. The molecule has 0 aromatic heterocycles. The van der Waals surface area contributed by atoms with Crippen LogP contribution in [0.4, 0.5) is 5.69 Å². The van der Waals surface area contributed by atoms with Gasteiger partial charge in [-0.1, -0.05) is 48.7 Å². The molecule has 1 heterocycles. The van der Waals surface area contributed by atoms with Crippen molar-refractivity contribution in [1.82, 2.24) is 4.90 Å². The van der Waals surface area contributed by atoms with E-state index in [1.54, 1.807) is 6.07 Å². The Morgan fingerprint density at radius 1 is 1.14 bits per heavy atom. The molecule has 1 saturated heterocycles. The number of carbonyl (C=O) groups excluding carboxylic acids is 1. The van der Waals surface area contributed by atoms with E-state index in [9.17, 15) is 4.79 Å². The first-order valence-electron chi connectivity index (χ1n) is 7.02. The lowest BCUT2D eigenvalue weighted by atomic mass is 9.92. The minimum absolute atomic E-state index is 0.0865. The predicted octanol–water partition coefficient (Wildman–Crippen LogP) is 4.56. The van der Waals surface area contributed by atoms with Crippen molar-refractivity contribution in [3.8, 4) is 0 Å². The number of piperidine rings is 1. The van der Waals surface area contributed by atoms with Crippen molar-refractivity contribution in [3.63, 3.8) is 0 Å². The summed E-state index contributed by atoms with van der Waals surface area (Å²) < 4.78 is 0. The van der Waals surface area contributed by atoms with Gasteiger partial charge in [0.15, 0.2) is 0 Å². The van der Waals surface area contributed by atoms with Gasteiger partial charge < -0.3 is 5.32 Å². The number of likely N-dealkylation sites (tertiary alicyclic amines) is 1. The van der Waals surface area contributed by atoms with Gasteiger partial charge in [-0.3, -0.25) is 9.69 Å². The Hall–Kier alpha value is -0.480. The Morgan fingerprint density at radius 2 is 1.71 bits per heavy atom.